The van der Waals surface area contributed by atoms with Crippen LogP contribution in [0.4, 0.5) is 9.18 Å². The van der Waals surface area contributed by atoms with Gasteiger partial charge in [0.05, 0.1) is 18.7 Å². The lowest BCUT2D eigenvalue weighted by molar-refractivity contribution is -0.143. The molecular formula is C18H13FN2O4. The summed E-state index contributed by atoms with van der Waals surface area (Å²) in [6.45, 7) is -0.760. The largest absolute Gasteiger partial charge is 0.334 e. The Bertz CT molecular complexity index is 866. The molecule has 6 nitrogen and oxygen atoms in total. The van der Waals surface area contributed by atoms with Crippen molar-refractivity contribution in [1.82, 2.24) is 9.80 Å². The Hall–Kier alpha value is -3.35. The first-order valence-corrected chi connectivity index (χ1v) is 7.48. The highest BCUT2D eigenvalue weighted by Gasteiger charge is 2.45. The number of imide groups is 2. The third-order valence-corrected chi connectivity index (χ3v) is 3.79. The molecule has 1 fully saturated rings. The molecule has 0 radical (unpaired) electrons. The van der Waals surface area contributed by atoms with Crippen molar-refractivity contribution in [2.45, 2.75) is 6.54 Å². The van der Waals surface area contributed by atoms with Crippen molar-refractivity contribution < 1.29 is 23.6 Å². The Morgan fingerprint density at radius 1 is 0.840 bits per heavy atom. The number of rotatable bonds is 5. The summed E-state index contributed by atoms with van der Waals surface area (Å²) >= 11 is 0. The zero-order chi connectivity index (χ0) is 18.0. The third-order valence-electron chi connectivity index (χ3n) is 3.79. The molecule has 0 bridgehead atoms. The highest BCUT2D eigenvalue weighted by atomic mass is 19.1. The molecule has 7 heteroatoms. The Morgan fingerprint density at radius 3 is 2.12 bits per heavy atom. The van der Waals surface area contributed by atoms with Crippen molar-refractivity contribution in [2.24, 2.45) is 0 Å². The zero-order valence-corrected chi connectivity index (χ0v) is 13.0. The van der Waals surface area contributed by atoms with Gasteiger partial charge in [0, 0.05) is 0 Å². The monoisotopic (exact) mass is 340 g/mol. The number of Topliss-reactive ketones (excluding diaryl/α,β-unsaturated/α-hetero) is 1. The summed E-state index contributed by atoms with van der Waals surface area (Å²) in [6.07, 6.45) is 0. The SMILES string of the molecule is O=C(CN1C(=O)C(=O)N(Cc2ccccc2)C1=O)c1ccccc1F. The van der Waals surface area contributed by atoms with E-state index in [1.165, 1.54) is 18.2 Å². The van der Waals surface area contributed by atoms with Crippen molar-refractivity contribution >= 4 is 23.6 Å². The molecule has 0 spiro atoms. The van der Waals surface area contributed by atoms with Gasteiger partial charge in [-0.2, -0.15) is 0 Å². The number of halogens is 1. The first-order valence-electron chi connectivity index (χ1n) is 7.48. The van der Waals surface area contributed by atoms with Gasteiger partial charge in [0.15, 0.2) is 5.78 Å². The van der Waals surface area contributed by atoms with Gasteiger partial charge >= 0.3 is 17.8 Å². The van der Waals surface area contributed by atoms with E-state index in [0.717, 1.165) is 11.0 Å². The molecule has 4 amide bonds. The fraction of sp³-hybridized carbons (Fsp3) is 0.111. The van der Waals surface area contributed by atoms with Gasteiger partial charge in [-0.15, -0.1) is 0 Å². The molecule has 2 aromatic rings. The molecule has 2 aromatic carbocycles. The van der Waals surface area contributed by atoms with Crippen molar-refractivity contribution in [3.63, 3.8) is 0 Å². The van der Waals surface area contributed by atoms with Crippen molar-refractivity contribution in [3.8, 4) is 0 Å². The Labute approximate surface area is 142 Å². The lowest BCUT2D eigenvalue weighted by Crippen LogP contribution is -2.37. The maximum atomic E-state index is 13.7. The number of carbonyl (C=O) groups excluding carboxylic acids is 4. The molecule has 0 N–H and O–H groups in total. The molecule has 0 atom stereocenters. The molecule has 1 heterocycles. The topological polar surface area (TPSA) is 74.8 Å². The van der Waals surface area contributed by atoms with Crippen LogP contribution in [0.3, 0.4) is 0 Å². The van der Waals surface area contributed by atoms with Crippen molar-refractivity contribution in [3.05, 3.63) is 71.5 Å². The minimum Gasteiger partial charge on any atom is -0.292 e. The van der Waals surface area contributed by atoms with E-state index in [0.29, 0.717) is 10.5 Å². The normalized spacial score (nSPS) is 14.4. The van der Waals surface area contributed by atoms with E-state index < -0.39 is 36.0 Å². The fourth-order valence-corrected chi connectivity index (χ4v) is 2.51. The number of amides is 4. The Balaban J connectivity index is 1.78. The molecular weight excluding hydrogens is 327 g/mol. The highest BCUT2D eigenvalue weighted by molar-refractivity contribution is 6.45. The van der Waals surface area contributed by atoms with Crippen LogP contribution in [-0.2, 0) is 16.1 Å². The van der Waals surface area contributed by atoms with Gasteiger partial charge in [0.25, 0.3) is 0 Å². The molecule has 0 unspecified atom stereocenters. The number of ketones is 1. The summed E-state index contributed by atoms with van der Waals surface area (Å²) in [5.74, 6) is -3.60. The zero-order valence-electron chi connectivity index (χ0n) is 13.0. The minimum absolute atomic E-state index is 0.0748. The van der Waals surface area contributed by atoms with Gasteiger partial charge in [-0.05, 0) is 17.7 Å². The summed E-state index contributed by atoms with van der Waals surface area (Å²) in [5, 5.41) is 0. The first-order chi connectivity index (χ1) is 12.0. The van der Waals surface area contributed by atoms with E-state index in [9.17, 15) is 23.6 Å². The van der Waals surface area contributed by atoms with Crippen LogP contribution in [-0.4, -0.2) is 40.0 Å². The van der Waals surface area contributed by atoms with E-state index in [1.54, 1.807) is 30.3 Å². The first kappa shape index (κ1) is 16.5. The number of urea groups is 1. The van der Waals surface area contributed by atoms with Gasteiger partial charge in [0.1, 0.15) is 5.82 Å². The van der Waals surface area contributed by atoms with Crippen LogP contribution in [0.5, 0.6) is 0 Å². The smallest absolute Gasteiger partial charge is 0.292 e. The second-order valence-electron chi connectivity index (χ2n) is 5.45. The van der Waals surface area contributed by atoms with Gasteiger partial charge in [0.2, 0.25) is 0 Å². The van der Waals surface area contributed by atoms with Gasteiger partial charge < -0.3 is 0 Å². The number of hydrogen-bond acceptors (Lipinski definition) is 4. The van der Waals surface area contributed by atoms with Crippen LogP contribution in [0.2, 0.25) is 0 Å². The maximum Gasteiger partial charge on any atom is 0.334 e. The average molecular weight is 340 g/mol. The van der Waals surface area contributed by atoms with Crippen LogP contribution in [0.15, 0.2) is 54.6 Å². The Kier molecular flexibility index (Phi) is 4.38. The van der Waals surface area contributed by atoms with Crippen molar-refractivity contribution in [1.29, 1.82) is 0 Å². The predicted octanol–water partition coefficient (Wildman–Crippen LogP) is 2.00. The standard InChI is InChI=1S/C18H13FN2O4/c19-14-9-5-4-8-13(14)15(22)11-21-17(24)16(23)20(18(21)25)10-12-6-2-1-3-7-12/h1-9H,10-11H2. The summed E-state index contributed by atoms with van der Waals surface area (Å²) in [5.41, 5.74) is 0.427. The van der Waals surface area contributed by atoms with Crippen LogP contribution < -0.4 is 0 Å². The van der Waals surface area contributed by atoms with Crippen LogP contribution >= 0.6 is 0 Å². The molecule has 0 aliphatic carbocycles. The van der Waals surface area contributed by atoms with E-state index in [4.69, 9.17) is 0 Å². The molecule has 126 valence electrons. The highest BCUT2D eigenvalue weighted by Crippen LogP contribution is 2.17. The maximum absolute atomic E-state index is 13.7. The van der Waals surface area contributed by atoms with Crippen molar-refractivity contribution in [2.75, 3.05) is 6.54 Å². The predicted molar refractivity (Wildman–Crippen MR) is 84.8 cm³/mol. The number of benzene rings is 2. The van der Waals surface area contributed by atoms with E-state index in [1.807, 2.05) is 0 Å². The number of hydrogen-bond donors (Lipinski definition) is 0. The second-order valence-corrected chi connectivity index (χ2v) is 5.45. The molecule has 3 rings (SSSR count). The molecule has 25 heavy (non-hydrogen) atoms. The lowest BCUT2D eigenvalue weighted by Gasteiger charge is -2.15. The van der Waals surface area contributed by atoms with Gasteiger partial charge in [-0.25, -0.2) is 14.1 Å². The summed E-state index contributed by atoms with van der Waals surface area (Å²) in [7, 11) is 0. The van der Waals surface area contributed by atoms with Gasteiger partial charge in [-0.1, -0.05) is 42.5 Å². The molecule has 1 aliphatic heterocycles. The molecule has 0 saturated carbocycles. The quantitative estimate of drug-likeness (QED) is 0.474. The number of nitrogens with zero attached hydrogens (tertiary/aromatic N) is 2. The Morgan fingerprint density at radius 2 is 1.44 bits per heavy atom. The van der Waals surface area contributed by atoms with Crippen LogP contribution in [0, 0.1) is 5.82 Å². The van der Waals surface area contributed by atoms with Gasteiger partial charge in [-0.3, -0.25) is 19.3 Å². The lowest BCUT2D eigenvalue weighted by atomic mass is 10.1. The fourth-order valence-electron chi connectivity index (χ4n) is 2.51. The second kappa shape index (κ2) is 6.64. The van der Waals surface area contributed by atoms with Crippen LogP contribution in [0.25, 0.3) is 0 Å². The van der Waals surface area contributed by atoms with E-state index in [-0.39, 0.29) is 12.1 Å². The van der Waals surface area contributed by atoms with E-state index in [2.05, 4.69) is 0 Å². The summed E-state index contributed by atoms with van der Waals surface area (Å²) < 4.78 is 13.7. The summed E-state index contributed by atoms with van der Waals surface area (Å²) in [6, 6.07) is 13.0. The number of carbonyl (C=O) groups is 4. The third kappa shape index (κ3) is 3.16. The minimum atomic E-state index is -1.09. The summed E-state index contributed by atoms with van der Waals surface area (Å²) in [4.78, 5) is 49.9. The average Bonchev–Trinajstić information content (AvgIpc) is 2.81. The molecule has 1 aliphatic rings. The van der Waals surface area contributed by atoms with E-state index >= 15 is 0 Å². The molecule has 0 aromatic heterocycles. The van der Waals surface area contributed by atoms with Crippen LogP contribution in [0.1, 0.15) is 15.9 Å². The molecule has 1 saturated heterocycles.